The van der Waals surface area contributed by atoms with Crippen molar-refractivity contribution < 1.29 is 13.2 Å². The number of sulfonamides is 1. The summed E-state index contributed by atoms with van der Waals surface area (Å²) >= 11 is 7.90. The van der Waals surface area contributed by atoms with Crippen LogP contribution < -0.4 is 0 Å². The zero-order chi connectivity index (χ0) is 17.3. The molecule has 5 nitrogen and oxygen atoms in total. The Balaban J connectivity index is 1.97. The van der Waals surface area contributed by atoms with Gasteiger partial charge in [0.2, 0.25) is 5.91 Å². The topological polar surface area (TPSA) is 66.8 Å². The molecule has 9 heteroatoms. The van der Waals surface area contributed by atoms with E-state index >= 15 is 0 Å². The fraction of sp³-hybridized carbons (Fsp3) is 0.200. The fourth-order valence-electron chi connectivity index (χ4n) is 2.24. The number of hydrogen-bond acceptors (Lipinski definition) is 5. The Labute approximate surface area is 153 Å². The first-order chi connectivity index (χ1) is 11.4. The number of thiophene rings is 1. The number of likely N-dealkylation sites (N-methyl/N-ethyl adjacent to an activating group) is 1. The van der Waals surface area contributed by atoms with E-state index in [0.29, 0.717) is 10.9 Å². The first kappa shape index (κ1) is 17.5. The summed E-state index contributed by atoms with van der Waals surface area (Å²) in [6, 6.07) is 12.2. The zero-order valence-electron chi connectivity index (χ0n) is 12.5. The molecule has 24 heavy (non-hydrogen) atoms. The first-order valence-electron chi connectivity index (χ1n) is 7.05. The van der Waals surface area contributed by atoms with Gasteiger partial charge in [-0.05, 0) is 24.6 Å². The predicted molar refractivity (Wildman–Crippen MR) is 98.1 cm³/mol. The van der Waals surface area contributed by atoms with Crippen LogP contribution in [0.15, 0.2) is 51.1 Å². The maximum atomic E-state index is 12.6. The van der Waals surface area contributed by atoms with E-state index in [1.165, 1.54) is 17.0 Å². The number of carbonyl (C=O) groups excluding carboxylic acids is 1. The van der Waals surface area contributed by atoms with Crippen molar-refractivity contribution in [2.24, 2.45) is 4.40 Å². The molecule has 1 atom stereocenters. The van der Waals surface area contributed by atoms with Crippen LogP contribution in [0.25, 0.3) is 0 Å². The number of amides is 1. The average molecular weight is 401 g/mol. The lowest BCUT2D eigenvalue weighted by Crippen LogP contribution is -2.30. The maximum Gasteiger partial charge on any atom is 0.294 e. The third-order valence-electron chi connectivity index (χ3n) is 3.36. The number of amidine groups is 1. The number of thioether (sulfide) groups is 1. The van der Waals surface area contributed by atoms with E-state index in [4.69, 9.17) is 11.6 Å². The van der Waals surface area contributed by atoms with Crippen LogP contribution in [0.5, 0.6) is 0 Å². The molecule has 1 fully saturated rings. The smallest absolute Gasteiger partial charge is 0.290 e. The van der Waals surface area contributed by atoms with Gasteiger partial charge in [-0.25, -0.2) is 0 Å². The maximum absolute atomic E-state index is 12.6. The Morgan fingerprint density at radius 1 is 1.21 bits per heavy atom. The van der Waals surface area contributed by atoms with E-state index in [1.54, 1.807) is 6.92 Å². The number of nitrogens with zero attached hydrogens (tertiary/aromatic N) is 2. The minimum atomic E-state index is -3.89. The molecule has 2 aromatic rings. The molecule has 126 valence electrons. The molecule has 1 unspecified atom stereocenters. The fourth-order valence-corrected chi connectivity index (χ4v) is 6.14. The molecule has 1 aliphatic heterocycles. The van der Waals surface area contributed by atoms with Crippen LogP contribution in [0.4, 0.5) is 0 Å². The monoisotopic (exact) mass is 400 g/mol. The van der Waals surface area contributed by atoms with E-state index in [-0.39, 0.29) is 15.3 Å². The highest BCUT2D eigenvalue weighted by Gasteiger charge is 2.39. The average Bonchev–Trinajstić information content (AvgIpc) is 3.12. The molecule has 1 saturated heterocycles. The van der Waals surface area contributed by atoms with Crippen LogP contribution in [-0.4, -0.2) is 30.9 Å². The molecule has 0 bridgehead atoms. The van der Waals surface area contributed by atoms with Gasteiger partial charge in [0.1, 0.15) is 9.46 Å². The lowest BCUT2D eigenvalue weighted by Gasteiger charge is -2.13. The normalized spacial score (nSPS) is 20.1. The number of rotatable bonds is 4. The van der Waals surface area contributed by atoms with Crippen molar-refractivity contribution in [3.8, 4) is 0 Å². The van der Waals surface area contributed by atoms with Crippen molar-refractivity contribution in [3.63, 3.8) is 0 Å². The molecule has 0 spiro atoms. The standard InChI is InChI=1S/C15H13ClN2O3S3/c1-2-18-14(19)13(10-6-4-3-5-7-10)23-15(18)17-24(20,21)12-9-8-11(16)22-12/h3-9,13H,2H2,1H3. The van der Waals surface area contributed by atoms with Crippen LogP contribution >= 0.6 is 34.7 Å². The molecule has 1 aromatic heterocycles. The van der Waals surface area contributed by atoms with Crippen molar-refractivity contribution in [2.45, 2.75) is 16.4 Å². The molecule has 1 aliphatic rings. The van der Waals surface area contributed by atoms with Gasteiger partial charge in [-0.2, -0.15) is 8.42 Å². The lowest BCUT2D eigenvalue weighted by atomic mass is 10.1. The number of hydrogen-bond donors (Lipinski definition) is 0. The van der Waals surface area contributed by atoms with Gasteiger partial charge in [0, 0.05) is 6.54 Å². The minimum Gasteiger partial charge on any atom is -0.290 e. The summed E-state index contributed by atoms with van der Waals surface area (Å²) in [5.41, 5.74) is 0.827. The zero-order valence-corrected chi connectivity index (χ0v) is 15.8. The van der Waals surface area contributed by atoms with Gasteiger partial charge in [0.15, 0.2) is 5.17 Å². The lowest BCUT2D eigenvalue weighted by molar-refractivity contribution is -0.126. The second-order valence-electron chi connectivity index (χ2n) is 4.90. The quantitative estimate of drug-likeness (QED) is 0.783. The van der Waals surface area contributed by atoms with E-state index in [2.05, 4.69) is 4.40 Å². The molecule has 0 N–H and O–H groups in total. The van der Waals surface area contributed by atoms with Crippen molar-refractivity contribution in [3.05, 3.63) is 52.4 Å². The predicted octanol–water partition coefficient (Wildman–Crippen LogP) is 3.78. The number of benzene rings is 1. The molecular formula is C15H13ClN2O3S3. The summed E-state index contributed by atoms with van der Waals surface area (Å²) in [5, 5.41) is -0.284. The van der Waals surface area contributed by atoms with Crippen molar-refractivity contribution in [1.82, 2.24) is 4.90 Å². The molecule has 0 aliphatic carbocycles. The highest BCUT2D eigenvalue weighted by Crippen LogP contribution is 2.40. The van der Waals surface area contributed by atoms with Gasteiger partial charge in [-0.15, -0.1) is 15.7 Å². The number of carbonyl (C=O) groups is 1. The van der Waals surface area contributed by atoms with E-state index in [1.807, 2.05) is 30.3 Å². The molecular weight excluding hydrogens is 388 g/mol. The Kier molecular flexibility index (Phi) is 5.00. The van der Waals surface area contributed by atoms with Gasteiger partial charge >= 0.3 is 0 Å². The molecule has 1 aromatic carbocycles. The SMILES string of the molecule is CCN1C(=O)C(c2ccccc2)SC1=NS(=O)(=O)c1ccc(Cl)s1. The molecule has 0 radical (unpaired) electrons. The summed E-state index contributed by atoms with van der Waals surface area (Å²) in [6.45, 7) is 2.14. The van der Waals surface area contributed by atoms with Crippen LogP contribution in [0.2, 0.25) is 4.34 Å². The minimum absolute atomic E-state index is 0.0623. The second-order valence-corrected chi connectivity index (χ2v) is 9.52. The Hall–Kier alpha value is -1.35. The molecule has 1 amide bonds. The third kappa shape index (κ3) is 3.37. The van der Waals surface area contributed by atoms with Gasteiger partial charge in [-0.1, -0.05) is 53.7 Å². The second kappa shape index (κ2) is 6.87. The summed E-state index contributed by atoms with van der Waals surface area (Å²) < 4.78 is 29.2. The van der Waals surface area contributed by atoms with Crippen molar-refractivity contribution >= 4 is 55.8 Å². The third-order valence-corrected chi connectivity index (χ3v) is 7.68. The largest absolute Gasteiger partial charge is 0.294 e. The summed E-state index contributed by atoms with van der Waals surface area (Å²) in [5.74, 6) is -0.160. The van der Waals surface area contributed by atoms with Gasteiger partial charge in [-0.3, -0.25) is 9.69 Å². The van der Waals surface area contributed by atoms with E-state index in [9.17, 15) is 13.2 Å². The van der Waals surface area contributed by atoms with Gasteiger partial charge in [0.25, 0.3) is 10.0 Å². The summed E-state index contributed by atoms with van der Waals surface area (Å²) in [7, 11) is -3.89. The Morgan fingerprint density at radius 2 is 1.92 bits per heavy atom. The summed E-state index contributed by atoms with van der Waals surface area (Å²) in [6.07, 6.45) is 0. The van der Waals surface area contributed by atoms with Gasteiger partial charge < -0.3 is 0 Å². The molecule has 0 saturated carbocycles. The number of halogens is 1. The van der Waals surface area contributed by atoms with Crippen LogP contribution in [0, 0.1) is 0 Å². The molecule has 2 heterocycles. The van der Waals surface area contributed by atoms with E-state index in [0.717, 1.165) is 28.7 Å². The van der Waals surface area contributed by atoms with Gasteiger partial charge in [0.05, 0.1) is 4.34 Å². The molecule has 3 rings (SSSR count). The van der Waals surface area contributed by atoms with Crippen molar-refractivity contribution in [2.75, 3.05) is 6.54 Å². The van der Waals surface area contributed by atoms with Crippen molar-refractivity contribution in [1.29, 1.82) is 0 Å². The highest BCUT2D eigenvalue weighted by atomic mass is 35.5. The Morgan fingerprint density at radius 3 is 2.50 bits per heavy atom. The van der Waals surface area contributed by atoms with E-state index < -0.39 is 15.3 Å². The van der Waals surface area contributed by atoms with Crippen LogP contribution in [0.1, 0.15) is 17.7 Å². The van der Waals surface area contributed by atoms with Crippen LogP contribution in [-0.2, 0) is 14.8 Å². The Bertz CT molecular complexity index is 894. The summed E-state index contributed by atoms with van der Waals surface area (Å²) in [4.78, 5) is 14.0. The first-order valence-corrected chi connectivity index (χ1v) is 10.6. The highest BCUT2D eigenvalue weighted by molar-refractivity contribution is 8.15. The van der Waals surface area contributed by atoms with Crippen LogP contribution in [0.3, 0.4) is 0 Å².